The predicted molar refractivity (Wildman–Crippen MR) is 112 cm³/mol. The highest BCUT2D eigenvalue weighted by atomic mass is 35.5. The molecule has 1 atom stereocenters. The Kier molecular flexibility index (Phi) is 6.49. The lowest BCUT2D eigenvalue weighted by atomic mass is 10.0. The van der Waals surface area contributed by atoms with E-state index in [9.17, 15) is 9.18 Å². The molecule has 0 aliphatic carbocycles. The Balaban J connectivity index is 1.89. The molecular weight excluding hydrogens is 395 g/mol. The second kappa shape index (κ2) is 9.04. The standard InChI is InChI=1S/C22H18ClFN2OS/c1-15-5-4-12-26(14-15)20(21(27)18-6-2-3-7-19(18)23)22(28)25-13-16-8-10-17(24)11-9-16/h2-12,14,20H,13H2,1H3/p+1/t20-/m0/s1. The van der Waals surface area contributed by atoms with Gasteiger partial charge in [0.05, 0.1) is 5.02 Å². The van der Waals surface area contributed by atoms with Crippen LogP contribution in [0.2, 0.25) is 5.02 Å². The summed E-state index contributed by atoms with van der Waals surface area (Å²) in [4.78, 5) is 13.7. The molecule has 0 unspecified atom stereocenters. The van der Waals surface area contributed by atoms with Crippen molar-refractivity contribution in [3.8, 4) is 0 Å². The van der Waals surface area contributed by atoms with Crippen LogP contribution in [0.25, 0.3) is 0 Å². The van der Waals surface area contributed by atoms with Gasteiger partial charge in [-0.2, -0.15) is 4.57 Å². The number of halogens is 2. The summed E-state index contributed by atoms with van der Waals surface area (Å²) in [7, 11) is 0. The lowest BCUT2D eigenvalue weighted by Crippen LogP contribution is -2.51. The fraction of sp³-hybridized carbons (Fsp3) is 0.136. The number of nitrogens with one attached hydrogen (secondary N) is 1. The third-order valence-corrected chi connectivity index (χ3v) is 4.98. The van der Waals surface area contributed by atoms with Crippen LogP contribution in [0.4, 0.5) is 4.39 Å². The molecule has 0 aliphatic heterocycles. The van der Waals surface area contributed by atoms with Crippen LogP contribution >= 0.6 is 23.8 Å². The zero-order valence-corrected chi connectivity index (χ0v) is 16.8. The number of Topliss-reactive ketones (excluding diaryl/α,β-unsaturated/α-hetero) is 1. The summed E-state index contributed by atoms with van der Waals surface area (Å²) in [6.45, 7) is 2.33. The van der Waals surface area contributed by atoms with Crippen LogP contribution in [0, 0.1) is 12.7 Å². The zero-order chi connectivity index (χ0) is 20.1. The monoisotopic (exact) mass is 413 g/mol. The molecule has 2 aromatic carbocycles. The van der Waals surface area contributed by atoms with Crippen molar-refractivity contribution in [3.05, 3.63) is 101 Å². The molecule has 1 aromatic heterocycles. The summed E-state index contributed by atoms with van der Waals surface area (Å²) < 4.78 is 14.9. The summed E-state index contributed by atoms with van der Waals surface area (Å²) in [5.41, 5.74) is 2.27. The number of carbonyl (C=O) groups excluding carboxylic acids is 1. The van der Waals surface area contributed by atoms with E-state index >= 15 is 0 Å². The Morgan fingerprint density at radius 1 is 1.14 bits per heavy atom. The number of pyridine rings is 1. The molecule has 0 saturated carbocycles. The summed E-state index contributed by atoms with van der Waals surface area (Å²) in [5.74, 6) is -0.494. The maximum atomic E-state index is 13.3. The predicted octanol–water partition coefficient (Wildman–Crippen LogP) is 4.62. The van der Waals surface area contributed by atoms with Crippen molar-refractivity contribution in [2.45, 2.75) is 19.5 Å². The molecule has 0 saturated heterocycles. The largest absolute Gasteiger partial charge is 0.370 e. The molecule has 0 amide bonds. The molecule has 142 valence electrons. The lowest BCUT2D eigenvalue weighted by Gasteiger charge is -2.16. The number of benzene rings is 2. The minimum atomic E-state index is -0.741. The highest BCUT2D eigenvalue weighted by Crippen LogP contribution is 2.20. The number of rotatable bonds is 6. The maximum Gasteiger partial charge on any atom is 0.270 e. The van der Waals surface area contributed by atoms with E-state index in [4.69, 9.17) is 23.8 Å². The topological polar surface area (TPSA) is 33.0 Å². The third kappa shape index (κ3) is 4.80. The number of hydrogen-bond donors (Lipinski definition) is 1. The summed E-state index contributed by atoms with van der Waals surface area (Å²) in [6.07, 6.45) is 3.67. The van der Waals surface area contributed by atoms with Crippen LogP contribution in [0.15, 0.2) is 73.1 Å². The van der Waals surface area contributed by atoms with Gasteiger partial charge in [0.15, 0.2) is 17.4 Å². The first-order chi connectivity index (χ1) is 13.5. The van der Waals surface area contributed by atoms with Crippen molar-refractivity contribution in [1.82, 2.24) is 5.32 Å². The van der Waals surface area contributed by atoms with Crippen LogP contribution in [0.5, 0.6) is 0 Å². The molecule has 6 heteroatoms. The second-order valence-electron chi connectivity index (χ2n) is 6.42. The van der Waals surface area contributed by atoms with E-state index < -0.39 is 6.04 Å². The second-order valence-corrected chi connectivity index (χ2v) is 7.27. The van der Waals surface area contributed by atoms with E-state index in [0.717, 1.165) is 11.1 Å². The minimum Gasteiger partial charge on any atom is -0.370 e. The highest BCUT2D eigenvalue weighted by molar-refractivity contribution is 7.80. The van der Waals surface area contributed by atoms with E-state index in [1.165, 1.54) is 12.1 Å². The summed E-state index contributed by atoms with van der Waals surface area (Å²) in [6, 6.07) is 16.1. The molecule has 0 bridgehead atoms. The number of aromatic nitrogens is 1. The average Bonchev–Trinajstić information content (AvgIpc) is 2.68. The first-order valence-corrected chi connectivity index (χ1v) is 9.52. The zero-order valence-electron chi connectivity index (χ0n) is 15.2. The quantitative estimate of drug-likeness (QED) is 0.364. The number of ketones is 1. The minimum absolute atomic E-state index is 0.196. The van der Waals surface area contributed by atoms with Gasteiger partial charge in [-0.25, -0.2) is 4.39 Å². The Hall–Kier alpha value is -2.63. The number of hydrogen-bond acceptors (Lipinski definition) is 2. The molecule has 0 radical (unpaired) electrons. The van der Waals surface area contributed by atoms with Crippen LogP contribution in [-0.2, 0) is 6.54 Å². The van der Waals surface area contributed by atoms with Gasteiger partial charge in [-0.1, -0.05) is 48.1 Å². The van der Waals surface area contributed by atoms with Gasteiger partial charge in [0.1, 0.15) is 5.82 Å². The number of carbonyl (C=O) groups is 1. The first-order valence-electron chi connectivity index (χ1n) is 8.74. The number of nitrogens with zero attached hydrogens (tertiary/aromatic N) is 1. The number of aryl methyl sites for hydroxylation is 1. The van der Waals surface area contributed by atoms with Crippen molar-refractivity contribution < 1.29 is 13.8 Å². The Labute approximate surface area is 173 Å². The van der Waals surface area contributed by atoms with Gasteiger partial charge in [-0.15, -0.1) is 0 Å². The Bertz CT molecular complexity index is 1010. The van der Waals surface area contributed by atoms with E-state index in [1.54, 1.807) is 47.2 Å². The van der Waals surface area contributed by atoms with Crippen molar-refractivity contribution >= 4 is 34.6 Å². The molecule has 0 spiro atoms. The van der Waals surface area contributed by atoms with Crippen LogP contribution in [-0.4, -0.2) is 10.8 Å². The molecule has 1 heterocycles. The van der Waals surface area contributed by atoms with Gasteiger partial charge in [0.25, 0.3) is 6.04 Å². The van der Waals surface area contributed by atoms with Gasteiger partial charge in [0.2, 0.25) is 5.78 Å². The van der Waals surface area contributed by atoms with Crippen LogP contribution < -0.4 is 9.88 Å². The Morgan fingerprint density at radius 3 is 2.54 bits per heavy atom. The lowest BCUT2D eigenvalue weighted by molar-refractivity contribution is -0.692. The summed E-state index contributed by atoms with van der Waals surface area (Å²) >= 11 is 11.8. The van der Waals surface area contributed by atoms with Gasteiger partial charge >= 0.3 is 0 Å². The van der Waals surface area contributed by atoms with E-state index in [-0.39, 0.29) is 11.6 Å². The number of thiocarbonyl (C=S) groups is 1. The van der Waals surface area contributed by atoms with E-state index in [2.05, 4.69) is 5.32 Å². The molecule has 0 aliphatic rings. The molecule has 1 N–H and O–H groups in total. The fourth-order valence-electron chi connectivity index (χ4n) is 2.86. The molecule has 28 heavy (non-hydrogen) atoms. The molecular formula is C22H19ClFN2OS+. The van der Waals surface area contributed by atoms with Gasteiger partial charge < -0.3 is 5.32 Å². The van der Waals surface area contributed by atoms with Crippen molar-refractivity contribution in [3.63, 3.8) is 0 Å². The SMILES string of the molecule is Cc1ccc[n+]([C@@H](C(=O)c2ccccc2Cl)C(=S)NCc2ccc(F)cc2)c1. The molecule has 3 rings (SSSR count). The van der Waals surface area contributed by atoms with Gasteiger partial charge in [0, 0.05) is 23.7 Å². The maximum absolute atomic E-state index is 13.3. The molecule has 3 nitrogen and oxygen atoms in total. The normalized spacial score (nSPS) is 11.7. The molecule has 0 fully saturated rings. The van der Waals surface area contributed by atoms with E-state index in [1.807, 2.05) is 25.3 Å². The highest BCUT2D eigenvalue weighted by Gasteiger charge is 2.34. The average molecular weight is 414 g/mol. The van der Waals surface area contributed by atoms with Crippen LogP contribution in [0.3, 0.4) is 0 Å². The first kappa shape index (κ1) is 20.1. The molecule has 3 aromatic rings. The third-order valence-electron chi connectivity index (χ3n) is 4.28. The van der Waals surface area contributed by atoms with Gasteiger partial charge in [-0.3, -0.25) is 4.79 Å². The van der Waals surface area contributed by atoms with Crippen molar-refractivity contribution in [1.29, 1.82) is 0 Å². The fourth-order valence-corrected chi connectivity index (χ4v) is 3.39. The smallest absolute Gasteiger partial charge is 0.270 e. The van der Waals surface area contributed by atoms with Gasteiger partial charge in [-0.05, 0) is 42.8 Å². The summed E-state index contributed by atoms with van der Waals surface area (Å²) in [5, 5.41) is 3.51. The van der Waals surface area contributed by atoms with E-state index in [0.29, 0.717) is 22.1 Å². The Morgan fingerprint density at radius 2 is 1.86 bits per heavy atom. The van der Waals surface area contributed by atoms with Crippen molar-refractivity contribution in [2.75, 3.05) is 0 Å². The van der Waals surface area contributed by atoms with Crippen LogP contribution in [0.1, 0.15) is 27.5 Å². The van der Waals surface area contributed by atoms with Crippen molar-refractivity contribution in [2.24, 2.45) is 0 Å².